The van der Waals surface area contributed by atoms with Gasteiger partial charge in [-0.1, -0.05) is 12.1 Å². The molecule has 2 aliphatic rings. The highest BCUT2D eigenvalue weighted by molar-refractivity contribution is 8.19. The lowest BCUT2D eigenvalue weighted by molar-refractivity contribution is -0.137. The van der Waals surface area contributed by atoms with E-state index in [0.717, 1.165) is 17.1 Å². The zero-order valence-electron chi connectivity index (χ0n) is 13.2. The lowest BCUT2D eigenvalue weighted by Crippen LogP contribution is -2.43. The average Bonchev–Trinajstić information content (AvgIpc) is 3.15. The van der Waals surface area contributed by atoms with E-state index in [2.05, 4.69) is 10.6 Å². The third kappa shape index (κ3) is 4.89. The Labute approximate surface area is 149 Å². The molecule has 1 aromatic carbocycles. The van der Waals surface area contributed by atoms with Crippen molar-refractivity contribution in [3.8, 4) is 0 Å². The Morgan fingerprint density at radius 1 is 1.17 bits per heavy atom. The van der Waals surface area contributed by atoms with E-state index in [1.165, 1.54) is 0 Å². The lowest BCUT2D eigenvalue weighted by atomic mass is 10.2. The van der Waals surface area contributed by atoms with E-state index >= 15 is 0 Å². The summed E-state index contributed by atoms with van der Waals surface area (Å²) in [5.74, 6) is 0.942. The molecule has 1 aromatic rings. The molecular weight excluding hydrogens is 348 g/mol. The SMILES string of the molecule is O=C(NCC1COCCO1)C(=O)Nc1cccc(C2SCCS2)c1. The van der Waals surface area contributed by atoms with Gasteiger partial charge in [-0.15, -0.1) is 23.5 Å². The second kappa shape index (κ2) is 8.75. The van der Waals surface area contributed by atoms with Crippen molar-refractivity contribution in [1.82, 2.24) is 5.32 Å². The maximum absolute atomic E-state index is 12.0. The van der Waals surface area contributed by atoms with Crippen molar-refractivity contribution < 1.29 is 19.1 Å². The zero-order valence-corrected chi connectivity index (χ0v) is 14.8. The summed E-state index contributed by atoms with van der Waals surface area (Å²) in [6.45, 7) is 1.78. The molecule has 2 heterocycles. The fourth-order valence-corrected chi connectivity index (χ4v) is 5.28. The Balaban J connectivity index is 1.50. The van der Waals surface area contributed by atoms with Gasteiger partial charge in [0.1, 0.15) is 0 Å². The first-order chi connectivity index (χ1) is 11.7. The summed E-state index contributed by atoms with van der Waals surface area (Å²) in [6.07, 6.45) is -0.199. The van der Waals surface area contributed by atoms with Gasteiger partial charge in [-0.05, 0) is 17.7 Å². The predicted molar refractivity (Wildman–Crippen MR) is 96.3 cm³/mol. The number of thioether (sulfide) groups is 2. The van der Waals surface area contributed by atoms with E-state index in [1.54, 1.807) is 6.07 Å². The average molecular weight is 368 g/mol. The largest absolute Gasteiger partial charge is 0.376 e. The van der Waals surface area contributed by atoms with Crippen LogP contribution in [0.5, 0.6) is 0 Å². The number of nitrogens with one attached hydrogen (secondary N) is 2. The number of benzene rings is 1. The molecule has 0 aromatic heterocycles. The third-order valence-electron chi connectivity index (χ3n) is 3.62. The maximum Gasteiger partial charge on any atom is 0.313 e. The van der Waals surface area contributed by atoms with Crippen LogP contribution in [0.2, 0.25) is 0 Å². The van der Waals surface area contributed by atoms with Gasteiger partial charge >= 0.3 is 11.8 Å². The molecule has 0 spiro atoms. The summed E-state index contributed by atoms with van der Waals surface area (Å²) in [4.78, 5) is 23.9. The van der Waals surface area contributed by atoms with Crippen molar-refractivity contribution in [3.63, 3.8) is 0 Å². The van der Waals surface area contributed by atoms with Gasteiger partial charge in [-0.25, -0.2) is 0 Å². The normalized spacial score (nSPS) is 21.4. The monoisotopic (exact) mass is 368 g/mol. The van der Waals surface area contributed by atoms with Crippen LogP contribution in [0.4, 0.5) is 5.69 Å². The van der Waals surface area contributed by atoms with Crippen LogP contribution in [0.1, 0.15) is 10.1 Å². The van der Waals surface area contributed by atoms with Gasteiger partial charge in [0, 0.05) is 23.7 Å². The molecule has 2 fully saturated rings. The molecule has 130 valence electrons. The van der Waals surface area contributed by atoms with Crippen LogP contribution in [0.3, 0.4) is 0 Å². The summed E-state index contributed by atoms with van der Waals surface area (Å²) < 4.78 is 11.1. The Morgan fingerprint density at radius 2 is 2.00 bits per heavy atom. The number of ether oxygens (including phenoxy) is 2. The summed E-state index contributed by atoms with van der Waals surface area (Å²) >= 11 is 3.80. The minimum atomic E-state index is -0.671. The van der Waals surface area contributed by atoms with E-state index < -0.39 is 11.8 Å². The van der Waals surface area contributed by atoms with E-state index in [0.29, 0.717) is 30.1 Å². The van der Waals surface area contributed by atoms with E-state index in [-0.39, 0.29) is 12.6 Å². The first kappa shape index (κ1) is 17.6. The molecule has 0 saturated carbocycles. The highest BCUT2D eigenvalue weighted by atomic mass is 32.2. The smallest absolute Gasteiger partial charge is 0.313 e. The molecule has 24 heavy (non-hydrogen) atoms. The van der Waals surface area contributed by atoms with E-state index in [1.807, 2.05) is 41.7 Å². The van der Waals surface area contributed by atoms with Gasteiger partial charge in [0.25, 0.3) is 0 Å². The molecule has 0 aliphatic carbocycles. The lowest BCUT2D eigenvalue weighted by Gasteiger charge is -2.22. The highest BCUT2D eigenvalue weighted by Crippen LogP contribution is 2.45. The summed E-state index contributed by atoms with van der Waals surface area (Å²) in [5, 5.41) is 5.23. The number of amides is 2. The zero-order chi connectivity index (χ0) is 16.8. The molecule has 2 amide bonds. The number of anilines is 1. The van der Waals surface area contributed by atoms with Crippen molar-refractivity contribution in [1.29, 1.82) is 0 Å². The molecular formula is C16H20N2O4S2. The van der Waals surface area contributed by atoms with Crippen LogP contribution < -0.4 is 10.6 Å². The first-order valence-electron chi connectivity index (χ1n) is 7.84. The second-order valence-corrected chi connectivity index (χ2v) is 8.16. The van der Waals surface area contributed by atoms with Gasteiger partial charge in [0.2, 0.25) is 0 Å². The second-order valence-electron chi connectivity index (χ2n) is 5.43. The topological polar surface area (TPSA) is 76.7 Å². The van der Waals surface area contributed by atoms with Crippen LogP contribution in [0.15, 0.2) is 24.3 Å². The van der Waals surface area contributed by atoms with Crippen LogP contribution in [-0.2, 0) is 19.1 Å². The minimum absolute atomic E-state index is 0.199. The Hall–Kier alpha value is -1.22. The van der Waals surface area contributed by atoms with Crippen LogP contribution in [0, 0.1) is 0 Å². The van der Waals surface area contributed by atoms with Crippen molar-refractivity contribution in [3.05, 3.63) is 29.8 Å². The molecule has 8 heteroatoms. The maximum atomic E-state index is 12.0. The number of carbonyl (C=O) groups is 2. The molecule has 3 rings (SSSR count). The fraction of sp³-hybridized carbons (Fsp3) is 0.500. The summed E-state index contributed by atoms with van der Waals surface area (Å²) in [5.41, 5.74) is 1.80. The van der Waals surface area contributed by atoms with Gasteiger partial charge in [-0.3, -0.25) is 9.59 Å². The molecule has 0 bridgehead atoms. The van der Waals surface area contributed by atoms with E-state index in [4.69, 9.17) is 9.47 Å². The van der Waals surface area contributed by atoms with Gasteiger partial charge in [0.05, 0.1) is 30.5 Å². The number of hydrogen-bond acceptors (Lipinski definition) is 6. The summed E-state index contributed by atoms with van der Waals surface area (Å²) in [7, 11) is 0. The molecule has 2 saturated heterocycles. The fourth-order valence-electron chi connectivity index (χ4n) is 2.44. The van der Waals surface area contributed by atoms with Gasteiger partial charge in [-0.2, -0.15) is 0 Å². The summed E-state index contributed by atoms with van der Waals surface area (Å²) in [6, 6.07) is 7.66. The van der Waals surface area contributed by atoms with Crippen molar-refractivity contribution >= 4 is 41.0 Å². The van der Waals surface area contributed by atoms with Crippen molar-refractivity contribution in [2.45, 2.75) is 10.7 Å². The Morgan fingerprint density at radius 3 is 2.75 bits per heavy atom. The van der Waals surface area contributed by atoms with Crippen LogP contribution in [-0.4, -0.2) is 55.8 Å². The van der Waals surface area contributed by atoms with Crippen molar-refractivity contribution in [2.75, 3.05) is 43.2 Å². The molecule has 0 radical (unpaired) electrons. The highest BCUT2D eigenvalue weighted by Gasteiger charge is 2.21. The molecule has 1 atom stereocenters. The number of carbonyl (C=O) groups excluding carboxylic acids is 2. The van der Waals surface area contributed by atoms with Gasteiger partial charge < -0.3 is 20.1 Å². The first-order valence-corrected chi connectivity index (χ1v) is 9.94. The third-order valence-corrected chi connectivity index (χ3v) is 6.72. The van der Waals surface area contributed by atoms with Gasteiger partial charge in [0.15, 0.2) is 0 Å². The molecule has 6 nitrogen and oxygen atoms in total. The Kier molecular flexibility index (Phi) is 6.42. The molecule has 2 N–H and O–H groups in total. The molecule has 1 unspecified atom stereocenters. The van der Waals surface area contributed by atoms with Crippen LogP contribution in [0.25, 0.3) is 0 Å². The van der Waals surface area contributed by atoms with Crippen molar-refractivity contribution in [2.24, 2.45) is 0 Å². The Bertz CT molecular complexity index is 587. The standard InChI is InChI=1S/C16H20N2O4S2/c19-14(17-9-13-10-21-4-5-22-13)15(20)18-12-3-1-2-11(8-12)16-23-6-7-24-16/h1-3,8,13,16H,4-7,9-10H2,(H,17,19)(H,18,20). The minimum Gasteiger partial charge on any atom is -0.376 e. The molecule has 2 aliphatic heterocycles. The number of hydrogen-bond donors (Lipinski definition) is 2. The number of rotatable bonds is 4. The quantitative estimate of drug-likeness (QED) is 0.787. The van der Waals surface area contributed by atoms with Crippen LogP contribution >= 0.6 is 23.5 Å². The predicted octanol–water partition coefficient (Wildman–Crippen LogP) is 1.64. The van der Waals surface area contributed by atoms with E-state index in [9.17, 15) is 9.59 Å².